The summed E-state index contributed by atoms with van der Waals surface area (Å²) < 4.78 is 5.10. The topological polar surface area (TPSA) is 26.3 Å². The van der Waals surface area contributed by atoms with E-state index in [0.717, 1.165) is 12.7 Å². The van der Waals surface area contributed by atoms with Gasteiger partial charge in [-0.15, -0.1) is 0 Å². The third kappa shape index (κ3) is 7.43. The first-order chi connectivity index (χ1) is 4.95. The zero-order valence-corrected chi connectivity index (χ0v) is 7.94. The van der Waals surface area contributed by atoms with Crippen molar-refractivity contribution < 1.29 is 9.53 Å². The van der Waals surface area contributed by atoms with Crippen LogP contribution in [0.15, 0.2) is 0 Å². The van der Waals surface area contributed by atoms with Gasteiger partial charge >= 0.3 is 5.97 Å². The minimum Gasteiger partial charge on any atom is -0.460 e. The third-order valence-corrected chi connectivity index (χ3v) is 1.15. The fourth-order valence-electron chi connectivity index (χ4n) is 0.714. The molecule has 11 heavy (non-hydrogen) atoms. The summed E-state index contributed by atoms with van der Waals surface area (Å²) in [7, 11) is 2.06. The summed E-state index contributed by atoms with van der Waals surface area (Å²) in [5.41, 5.74) is -0.329. The van der Waals surface area contributed by atoms with Crippen molar-refractivity contribution in [1.29, 1.82) is 0 Å². The van der Waals surface area contributed by atoms with E-state index in [1.54, 1.807) is 0 Å². The van der Waals surface area contributed by atoms with E-state index in [-0.39, 0.29) is 11.6 Å². The molecule has 0 spiro atoms. The van der Waals surface area contributed by atoms with Crippen LogP contribution in [-0.2, 0) is 9.53 Å². The summed E-state index contributed by atoms with van der Waals surface area (Å²) in [5.74, 6) is -0.0839. The van der Waals surface area contributed by atoms with Gasteiger partial charge in [-0.05, 0) is 27.2 Å². The first-order valence-corrected chi connectivity index (χ1v) is 4.17. The second kappa shape index (κ2) is 4.42. The van der Waals surface area contributed by atoms with E-state index in [4.69, 9.17) is 4.74 Å². The van der Waals surface area contributed by atoms with Gasteiger partial charge in [0, 0.05) is 6.42 Å². The molecule has 0 saturated heterocycles. The smallest absolute Gasteiger partial charge is 0.306 e. The molecular weight excluding hydrogens is 139 g/mol. The van der Waals surface area contributed by atoms with Gasteiger partial charge in [0.1, 0.15) is 13.4 Å². The molecule has 0 N–H and O–H groups in total. The molecule has 0 aromatic rings. The van der Waals surface area contributed by atoms with Crippen LogP contribution in [0.2, 0.25) is 6.32 Å². The summed E-state index contributed by atoms with van der Waals surface area (Å²) in [4.78, 5) is 11.0. The Balaban J connectivity index is 3.53. The van der Waals surface area contributed by atoms with Gasteiger partial charge in [-0.3, -0.25) is 4.79 Å². The molecule has 0 aliphatic heterocycles. The van der Waals surface area contributed by atoms with E-state index in [9.17, 15) is 4.79 Å². The molecule has 0 saturated carbocycles. The standard InChI is InChI=1S/C8H17BO2/c1-8(2,3)11-7(10)5-4-6-9/h4-6,9H2,1-3H3. The molecule has 0 bridgehead atoms. The van der Waals surface area contributed by atoms with Crippen LogP contribution in [0.3, 0.4) is 0 Å². The van der Waals surface area contributed by atoms with Crippen molar-refractivity contribution in [2.75, 3.05) is 0 Å². The van der Waals surface area contributed by atoms with Crippen LogP contribution in [0.1, 0.15) is 33.6 Å². The average molecular weight is 156 g/mol. The van der Waals surface area contributed by atoms with E-state index >= 15 is 0 Å². The Morgan fingerprint density at radius 1 is 1.45 bits per heavy atom. The number of hydrogen-bond donors (Lipinski definition) is 0. The largest absolute Gasteiger partial charge is 0.460 e. The molecule has 0 radical (unpaired) electrons. The molecule has 0 aromatic carbocycles. The maximum Gasteiger partial charge on any atom is 0.306 e. The van der Waals surface area contributed by atoms with Gasteiger partial charge in [-0.2, -0.15) is 0 Å². The third-order valence-electron chi connectivity index (χ3n) is 1.15. The van der Waals surface area contributed by atoms with E-state index in [0.29, 0.717) is 6.42 Å². The number of rotatable bonds is 3. The van der Waals surface area contributed by atoms with Gasteiger partial charge in [0.2, 0.25) is 0 Å². The van der Waals surface area contributed by atoms with Crippen LogP contribution < -0.4 is 0 Å². The first-order valence-electron chi connectivity index (χ1n) is 4.17. The molecule has 0 heterocycles. The second-order valence-corrected chi connectivity index (χ2v) is 3.69. The molecule has 0 aliphatic rings. The van der Waals surface area contributed by atoms with Crippen LogP contribution in [0.4, 0.5) is 0 Å². The van der Waals surface area contributed by atoms with Crippen LogP contribution >= 0.6 is 0 Å². The minimum absolute atomic E-state index is 0.0839. The SMILES string of the molecule is BCCCC(=O)OC(C)(C)C. The first kappa shape index (κ1) is 10.5. The zero-order valence-electron chi connectivity index (χ0n) is 7.94. The van der Waals surface area contributed by atoms with Crippen LogP contribution in [-0.4, -0.2) is 19.4 Å². The van der Waals surface area contributed by atoms with Crippen molar-refractivity contribution in [3.05, 3.63) is 0 Å². The van der Waals surface area contributed by atoms with Gasteiger partial charge in [0.15, 0.2) is 0 Å². The van der Waals surface area contributed by atoms with Crippen LogP contribution in [0, 0.1) is 0 Å². The molecule has 64 valence electrons. The van der Waals surface area contributed by atoms with Crippen molar-refractivity contribution in [2.45, 2.75) is 45.5 Å². The van der Waals surface area contributed by atoms with Crippen LogP contribution in [0.5, 0.6) is 0 Å². The van der Waals surface area contributed by atoms with Crippen molar-refractivity contribution in [3.63, 3.8) is 0 Å². The molecule has 0 amide bonds. The van der Waals surface area contributed by atoms with Crippen LogP contribution in [0.25, 0.3) is 0 Å². The molecule has 0 aliphatic carbocycles. The Morgan fingerprint density at radius 2 is 2.00 bits per heavy atom. The quantitative estimate of drug-likeness (QED) is 0.452. The Morgan fingerprint density at radius 3 is 2.36 bits per heavy atom. The number of carbonyl (C=O) groups excluding carboxylic acids is 1. The molecule has 0 aromatic heterocycles. The Labute approximate surface area is 69.7 Å². The van der Waals surface area contributed by atoms with Gasteiger partial charge in [0.05, 0.1) is 0 Å². The Bertz CT molecular complexity index is 127. The lowest BCUT2D eigenvalue weighted by Crippen LogP contribution is -2.23. The van der Waals surface area contributed by atoms with E-state index in [2.05, 4.69) is 7.85 Å². The lowest BCUT2D eigenvalue weighted by molar-refractivity contribution is -0.154. The van der Waals surface area contributed by atoms with Crippen molar-refractivity contribution in [2.24, 2.45) is 0 Å². The highest BCUT2D eigenvalue weighted by Crippen LogP contribution is 2.09. The predicted octanol–water partition coefficient (Wildman–Crippen LogP) is 1.16. The summed E-state index contributed by atoms with van der Waals surface area (Å²) in [6.07, 6.45) is 2.52. The average Bonchev–Trinajstić information content (AvgIpc) is 1.79. The lowest BCUT2D eigenvalue weighted by atomic mass is 10.0. The van der Waals surface area contributed by atoms with Gasteiger partial charge in [-0.1, -0.05) is 6.32 Å². The second-order valence-electron chi connectivity index (χ2n) is 3.69. The molecule has 0 rings (SSSR count). The summed E-state index contributed by atoms with van der Waals surface area (Å²) in [5, 5.41) is 0. The van der Waals surface area contributed by atoms with E-state index < -0.39 is 0 Å². The monoisotopic (exact) mass is 156 g/mol. The molecular formula is C8H17BO2. The maximum absolute atomic E-state index is 11.0. The highest BCUT2D eigenvalue weighted by Gasteiger charge is 2.14. The molecule has 0 unspecified atom stereocenters. The summed E-state index contributed by atoms with van der Waals surface area (Å²) in [6, 6.07) is 0. The Hall–Kier alpha value is -0.465. The highest BCUT2D eigenvalue weighted by atomic mass is 16.6. The predicted molar refractivity (Wildman–Crippen MR) is 48.4 cm³/mol. The van der Waals surface area contributed by atoms with Crippen molar-refractivity contribution >= 4 is 13.8 Å². The summed E-state index contributed by atoms with van der Waals surface area (Å²) >= 11 is 0. The maximum atomic E-state index is 11.0. The fourth-order valence-corrected chi connectivity index (χ4v) is 0.714. The Kier molecular flexibility index (Phi) is 4.23. The number of esters is 1. The fraction of sp³-hybridized carbons (Fsp3) is 0.875. The highest BCUT2D eigenvalue weighted by molar-refractivity contribution is 6.08. The number of carbonyl (C=O) groups is 1. The van der Waals surface area contributed by atoms with E-state index in [1.807, 2.05) is 20.8 Å². The normalized spacial score (nSPS) is 11.2. The van der Waals surface area contributed by atoms with Gasteiger partial charge in [-0.25, -0.2) is 0 Å². The van der Waals surface area contributed by atoms with Crippen molar-refractivity contribution in [3.8, 4) is 0 Å². The minimum atomic E-state index is -0.329. The van der Waals surface area contributed by atoms with Crippen molar-refractivity contribution in [1.82, 2.24) is 0 Å². The summed E-state index contributed by atoms with van der Waals surface area (Å²) in [6.45, 7) is 5.66. The molecule has 0 atom stereocenters. The molecule has 0 fully saturated rings. The number of ether oxygens (including phenoxy) is 1. The zero-order chi connectivity index (χ0) is 8.91. The lowest BCUT2D eigenvalue weighted by Gasteiger charge is -2.19. The van der Waals surface area contributed by atoms with Gasteiger partial charge in [0.25, 0.3) is 0 Å². The molecule has 2 nitrogen and oxygen atoms in total. The number of hydrogen-bond acceptors (Lipinski definition) is 2. The van der Waals surface area contributed by atoms with E-state index in [1.165, 1.54) is 0 Å². The molecule has 3 heteroatoms. The van der Waals surface area contributed by atoms with Gasteiger partial charge < -0.3 is 4.74 Å².